The van der Waals surface area contributed by atoms with Gasteiger partial charge in [0.2, 0.25) is 0 Å². The molecule has 0 saturated carbocycles. The molecule has 1 aliphatic heterocycles. The molecular weight excluding hydrogens is 438 g/mol. The maximum Gasteiger partial charge on any atom is 0.300 e. The summed E-state index contributed by atoms with van der Waals surface area (Å²) in [5, 5.41) is 11.6. The second-order valence-electron chi connectivity index (χ2n) is 9.43. The Hall–Kier alpha value is -3.86. The molecule has 1 heterocycles. The topological polar surface area (TPSA) is 66.8 Å². The number of benzene rings is 3. The van der Waals surface area contributed by atoms with Gasteiger partial charge >= 0.3 is 0 Å². The first-order chi connectivity index (χ1) is 16.6. The van der Waals surface area contributed by atoms with Crippen molar-refractivity contribution in [3.05, 3.63) is 99.6 Å². The van der Waals surface area contributed by atoms with E-state index < -0.39 is 17.7 Å². The van der Waals surface area contributed by atoms with Crippen molar-refractivity contribution >= 4 is 23.1 Å². The van der Waals surface area contributed by atoms with Crippen LogP contribution in [0.15, 0.2) is 66.2 Å². The number of anilines is 1. The number of rotatable bonds is 5. The van der Waals surface area contributed by atoms with Crippen LogP contribution in [0.5, 0.6) is 5.75 Å². The van der Waals surface area contributed by atoms with Crippen molar-refractivity contribution in [1.82, 2.24) is 0 Å². The molecule has 35 heavy (non-hydrogen) atoms. The van der Waals surface area contributed by atoms with Gasteiger partial charge in [-0.1, -0.05) is 61.9 Å². The molecule has 0 radical (unpaired) electrons. The maximum atomic E-state index is 13.5. The van der Waals surface area contributed by atoms with Gasteiger partial charge in [-0.25, -0.2) is 0 Å². The molecule has 1 fully saturated rings. The summed E-state index contributed by atoms with van der Waals surface area (Å²) in [7, 11) is 1.62. The SMILES string of the molecule is COc1cc(C)c(/C(O)=C2\C(=O)C(=O)N(c3ccc(C)cc3C)C2c2ccccc2)cc1C(C)C. The van der Waals surface area contributed by atoms with Crippen molar-refractivity contribution in [1.29, 1.82) is 0 Å². The smallest absolute Gasteiger partial charge is 0.300 e. The lowest BCUT2D eigenvalue weighted by Crippen LogP contribution is -2.30. The van der Waals surface area contributed by atoms with Crippen molar-refractivity contribution < 1.29 is 19.4 Å². The van der Waals surface area contributed by atoms with E-state index in [4.69, 9.17) is 4.74 Å². The standard InChI is InChI=1S/C30H31NO4/c1-17(2)22-16-23(19(4)15-25(22)35-6)28(32)26-27(21-10-8-7-9-11-21)31(30(34)29(26)33)24-13-12-18(3)14-20(24)5/h7-17,27,32H,1-6H3/b28-26+. The maximum absolute atomic E-state index is 13.5. The Morgan fingerprint density at radius 3 is 2.23 bits per heavy atom. The molecule has 5 heteroatoms. The Kier molecular flexibility index (Phi) is 6.53. The number of carbonyl (C=O) groups is 2. The van der Waals surface area contributed by atoms with Crippen molar-refractivity contribution in [3.8, 4) is 5.75 Å². The van der Waals surface area contributed by atoms with Crippen LogP contribution in [0.2, 0.25) is 0 Å². The summed E-state index contributed by atoms with van der Waals surface area (Å²) < 4.78 is 5.55. The average Bonchev–Trinajstić information content (AvgIpc) is 3.09. The Morgan fingerprint density at radius 2 is 1.63 bits per heavy atom. The van der Waals surface area contributed by atoms with Gasteiger partial charge in [0, 0.05) is 11.3 Å². The third-order valence-corrected chi connectivity index (χ3v) is 6.63. The Morgan fingerprint density at radius 1 is 0.943 bits per heavy atom. The van der Waals surface area contributed by atoms with Gasteiger partial charge in [0.15, 0.2) is 0 Å². The lowest BCUT2D eigenvalue weighted by molar-refractivity contribution is -0.132. The molecule has 1 N–H and O–H groups in total. The van der Waals surface area contributed by atoms with Crippen molar-refractivity contribution in [2.24, 2.45) is 0 Å². The zero-order chi connectivity index (χ0) is 25.4. The lowest BCUT2D eigenvalue weighted by atomic mass is 9.91. The van der Waals surface area contributed by atoms with Crippen LogP contribution in [0.1, 0.15) is 59.2 Å². The van der Waals surface area contributed by atoms with Gasteiger partial charge in [-0.15, -0.1) is 0 Å². The van der Waals surface area contributed by atoms with E-state index in [0.29, 0.717) is 11.3 Å². The fourth-order valence-corrected chi connectivity index (χ4v) is 4.83. The van der Waals surface area contributed by atoms with Gasteiger partial charge < -0.3 is 9.84 Å². The highest BCUT2D eigenvalue weighted by Crippen LogP contribution is 2.44. The Labute approximate surface area is 206 Å². The Balaban J connectivity index is 1.99. The molecule has 180 valence electrons. The number of nitrogens with zero attached hydrogens (tertiary/aromatic N) is 1. The van der Waals surface area contributed by atoms with Crippen LogP contribution >= 0.6 is 0 Å². The molecule has 4 rings (SSSR count). The number of hydrogen-bond acceptors (Lipinski definition) is 4. The van der Waals surface area contributed by atoms with Crippen LogP contribution in [0.4, 0.5) is 5.69 Å². The van der Waals surface area contributed by atoms with Gasteiger partial charge in [-0.2, -0.15) is 0 Å². The second kappa shape index (κ2) is 9.41. The zero-order valence-electron chi connectivity index (χ0n) is 21.0. The number of aliphatic hydroxyl groups excluding tert-OH is 1. The molecule has 0 bridgehead atoms. The number of aliphatic hydroxyl groups is 1. The van der Waals surface area contributed by atoms with Crippen LogP contribution in [-0.4, -0.2) is 23.9 Å². The number of hydrogen-bond donors (Lipinski definition) is 1. The van der Waals surface area contributed by atoms with E-state index in [1.807, 2.05) is 95.3 Å². The molecule has 0 aliphatic carbocycles. The first-order valence-corrected chi connectivity index (χ1v) is 11.8. The number of amides is 1. The summed E-state index contributed by atoms with van der Waals surface area (Å²) >= 11 is 0. The summed E-state index contributed by atoms with van der Waals surface area (Å²) in [5.41, 5.74) is 5.64. The number of carbonyl (C=O) groups excluding carboxylic acids is 2. The highest BCUT2D eigenvalue weighted by molar-refractivity contribution is 6.51. The van der Waals surface area contributed by atoms with Gasteiger partial charge in [-0.05, 0) is 67.1 Å². The Bertz CT molecular complexity index is 1340. The number of ketones is 1. The van der Waals surface area contributed by atoms with E-state index in [0.717, 1.165) is 33.6 Å². The molecule has 1 amide bonds. The van der Waals surface area contributed by atoms with Gasteiger partial charge in [0.1, 0.15) is 11.5 Å². The predicted molar refractivity (Wildman–Crippen MR) is 139 cm³/mol. The molecule has 1 unspecified atom stereocenters. The number of Topliss-reactive ketones (excluding diaryl/α,β-unsaturated/α-hetero) is 1. The molecule has 0 aromatic heterocycles. The summed E-state index contributed by atoms with van der Waals surface area (Å²) in [6.45, 7) is 9.85. The minimum absolute atomic E-state index is 0.0872. The van der Waals surface area contributed by atoms with Gasteiger partial charge in [0.25, 0.3) is 11.7 Å². The lowest BCUT2D eigenvalue weighted by Gasteiger charge is -2.27. The van der Waals surface area contributed by atoms with E-state index in [1.165, 1.54) is 4.90 Å². The second-order valence-corrected chi connectivity index (χ2v) is 9.43. The number of methoxy groups -OCH3 is 1. The largest absolute Gasteiger partial charge is 0.507 e. The van der Waals surface area contributed by atoms with Crippen molar-refractivity contribution in [2.45, 2.75) is 46.6 Å². The summed E-state index contributed by atoms with van der Waals surface area (Å²) in [5.74, 6) is -0.657. The molecular formula is C30H31NO4. The molecule has 5 nitrogen and oxygen atoms in total. The average molecular weight is 470 g/mol. The molecule has 1 atom stereocenters. The van der Waals surface area contributed by atoms with Crippen LogP contribution in [-0.2, 0) is 9.59 Å². The third kappa shape index (κ3) is 4.23. The van der Waals surface area contributed by atoms with Crippen LogP contribution < -0.4 is 9.64 Å². The predicted octanol–water partition coefficient (Wildman–Crippen LogP) is 6.37. The molecule has 1 aliphatic rings. The molecule has 1 saturated heterocycles. The quantitative estimate of drug-likeness (QED) is 0.268. The minimum Gasteiger partial charge on any atom is -0.507 e. The minimum atomic E-state index is -0.749. The first kappa shape index (κ1) is 24.3. The highest BCUT2D eigenvalue weighted by atomic mass is 16.5. The zero-order valence-corrected chi connectivity index (χ0v) is 21.0. The molecule has 3 aromatic rings. The summed E-state index contributed by atoms with van der Waals surface area (Å²) in [6, 6.07) is 18.1. The van der Waals surface area contributed by atoms with Crippen molar-refractivity contribution in [2.75, 3.05) is 12.0 Å². The van der Waals surface area contributed by atoms with Gasteiger partial charge in [0.05, 0.1) is 18.7 Å². The first-order valence-electron chi connectivity index (χ1n) is 11.8. The van der Waals surface area contributed by atoms with Crippen LogP contribution in [0.3, 0.4) is 0 Å². The number of ether oxygens (including phenoxy) is 1. The van der Waals surface area contributed by atoms with Crippen LogP contribution in [0.25, 0.3) is 5.76 Å². The summed E-state index contributed by atoms with van der Waals surface area (Å²) in [4.78, 5) is 28.4. The van der Waals surface area contributed by atoms with Crippen molar-refractivity contribution in [3.63, 3.8) is 0 Å². The molecule has 3 aromatic carbocycles. The van der Waals surface area contributed by atoms with E-state index in [2.05, 4.69) is 0 Å². The normalized spacial score (nSPS) is 17.3. The fraction of sp³-hybridized carbons (Fsp3) is 0.267. The fourth-order valence-electron chi connectivity index (χ4n) is 4.83. The third-order valence-electron chi connectivity index (χ3n) is 6.63. The highest BCUT2D eigenvalue weighted by Gasteiger charge is 2.47. The van der Waals surface area contributed by atoms with E-state index in [1.54, 1.807) is 7.11 Å². The van der Waals surface area contributed by atoms with E-state index in [9.17, 15) is 14.7 Å². The van der Waals surface area contributed by atoms with E-state index >= 15 is 0 Å². The summed E-state index contributed by atoms with van der Waals surface area (Å²) in [6.07, 6.45) is 0. The van der Waals surface area contributed by atoms with E-state index in [-0.39, 0.29) is 17.3 Å². The van der Waals surface area contributed by atoms with Gasteiger partial charge in [-0.3, -0.25) is 14.5 Å². The molecule has 0 spiro atoms. The van der Waals surface area contributed by atoms with Crippen LogP contribution in [0, 0.1) is 20.8 Å². The number of aryl methyl sites for hydroxylation is 3. The monoisotopic (exact) mass is 469 g/mol.